The quantitative estimate of drug-likeness (QED) is 0.630. The summed E-state index contributed by atoms with van der Waals surface area (Å²) in [7, 11) is 0. The second-order valence-corrected chi connectivity index (χ2v) is 6.40. The number of esters is 1. The molecule has 146 valence electrons. The van der Waals surface area contributed by atoms with E-state index in [2.05, 4.69) is 20.6 Å². The number of rotatable bonds is 6. The zero-order valence-corrected chi connectivity index (χ0v) is 15.8. The van der Waals surface area contributed by atoms with Crippen molar-refractivity contribution in [3.8, 4) is 0 Å². The number of benzene rings is 1. The third-order valence-corrected chi connectivity index (χ3v) is 4.47. The molecule has 28 heavy (non-hydrogen) atoms. The summed E-state index contributed by atoms with van der Waals surface area (Å²) < 4.78 is 6.95. The van der Waals surface area contributed by atoms with E-state index in [9.17, 15) is 14.4 Å². The SMILES string of the molecule is CC[C@H](C)n1nccc1NC(=O)[C@H](C)OC(=O)c1n[nH]c(=O)c2ccccc12. The zero-order chi connectivity index (χ0) is 20.3. The third-order valence-electron chi connectivity index (χ3n) is 4.47. The van der Waals surface area contributed by atoms with Crippen molar-refractivity contribution in [2.75, 3.05) is 5.32 Å². The molecule has 0 bridgehead atoms. The van der Waals surface area contributed by atoms with Gasteiger partial charge in [-0.2, -0.15) is 10.2 Å². The van der Waals surface area contributed by atoms with Crippen LogP contribution in [0.1, 0.15) is 43.7 Å². The van der Waals surface area contributed by atoms with E-state index in [-0.39, 0.29) is 11.7 Å². The lowest BCUT2D eigenvalue weighted by atomic mass is 10.1. The van der Waals surface area contributed by atoms with Crippen LogP contribution in [0.15, 0.2) is 41.3 Å². The Labute approximate surface area is 160 Å². The molecule has 0 spiro atoms. The summed E-state index contributed by atoms with van der Waals surface area (Å²) in [5.41, 5.74) is -0.462. The first-order valence-corrected chi connectivity index (χ1v) is 8.95. The predicted octanol–water partition coefficient (Wildman–Crippen LogP) is 2.27. The van der Waals surface area contributed by atoms with E-state index in [1.807, 2.05) is 13.8 Å². The molecular formula is C19H21N5O4. The maximum Gasteiger partial charge on any atom is 0.360 e. The molecule has 0 aliphatic carbocycles. The summed E-state index contributed by atoms with van der Waals surface area (Å²) in [6.45, 7) is 5.47. The van der Waals surface area contributed by atoms with Crippen molar-refractivity contribution in [3.63, 3.8) is 0 Å². The first-order chi connectivity index (χ1) is 13.4. The van der Waals surface area contributed by atoms with Crippen molar-refractivity contribution in [3.05, 3.63) is 52.6 Å². The molecular weight excluding hydrogens is 362 g/mol. The third kappa shape index (κ3) is 3.78. The highest BCUT2D eigenvalue weighted by Gasteiger charge is 2.23. The van der Waals surface area contributed by atoms with Crippen molar-refractivity contribution in [2.45, 2.75) is 39.3 Å². The molecule has 0 saturated carbocycles. The number of aromatic nitrogens is 4. The smallest absolute Gasteiger partial charge is 0.360 e. The Morgan fingerprint density at radius 3 is 2.64 bits per heavy atom. The summed E-state index contributed by atoms with van der Waals surface area (Å²) in [6.07, 6.45) is 1.37. The van der Waals surface area contributed by atoms with Gasteiger partial charge in [-0.1, -0.05) is 25.1 Å². The number of fused-ring (bicyclic) bond motifs is 1. The van der Waals surface area contributed by atoms with Gasteiger partial charge in [0.15, 0.2) is 11.8 Å². The Morgan fingerprint density at radius 1 is 1.21 bits per heavy atom. The van der Waals surface area contributed by atoms with Crippen LogP contribution < -0.4 is 10.9 Å². The molecule has 9 nitrogen and oxygen atoms in total. The molecule has 3 rings (SSSR count). The van der Waals surface area contributed by atoms with Crippen LogP contribution in [0.3, 0.4) is 0 Å². The van der Waals surface area contributed by atoms with Gasteiger partial charge in [0.05, 0.1) is 17.6 Å². The molecule has 2 aromatic heterocycles. The second kappa shape index (κ2) is 8.03. The number of amides is 1. The van der Waals surface area contributed by atoms with Crippen LogP contribution in [0.2, 0.25) is 0 Å². The Hall–Kier alpha value is -3.49. The Morgan fingerprint density at radius 2 is 1.93 bits per heavy atom. The number of carbonyl (C=O) groups excluding carboxylic acids is 2. The fraction of sp³-hybridized carbons (Fsp3) is 0.316. The molecule has 0 aliphatic rings. The zero-order valence-electron chi connectivity index (χ0n) is 15.8. The van der Waals surface area contributed by atoms with Gasteiger partial charge in [-0.25, -0.2) is 14.6 Å². The highest BCUT2D eigenvalue weighted by atomic mass is 16.5. The number of H-pyrrole nitrogens is 1. The topological polar surface area (TPSA) is 119 Å². The van der Waals surface area contributed by atoms with Crippen LogP contribution in [0, 0.1) is 0 Å². The number of nitrogens with one attached hydrogen (secondary N) is 2. The minimum Gasteiger partial charge on any atom is -0.448 e. The fourth-order valence-electron chi connectivity index (χ4n) is 2.71. The van der Waals surface area contributed by atoms with Gasteiger partial charge in [-0.05, 0) is 26.3 Å². The van der Waals surface area contributed by atoms with Crippen LogP contribution in [-0.4, -0.2) is 38.0 Å². The summed E-state index contributed by atoms with van der Waals surface area (Å²) in [6, 6.07) is 8.34. The summed E-state index contributed by atoms with van der Waals surface area (Å²) in [4.78, 5) is 36.8. The van der Waals surface area contributed by atoms with Crippen molar-refractivity contribution >= 4 is 28.5 Å². The maximum absolute atomic E-state index is 12.5. The Balaban J connectivity index is 1.75. The van der Waals surface area contributed by atoms with Crippen molar-refractivity contribution in [1.29, 1.82) is 0 Å². The predicted molar refractivity (Wildman–Crippen MR) is 103 cm³/mol. The molecule has 2 heterocycles. The van der Waals surface area contributed by atoms with E-state index in [1.54, 1.807) is 41.2 Å². The van der Waals surface area contributed by atoms with E-state index in [0.29, 0.717) is 16.6 Å². The van der Waals surface area contributed by atoms with E-state index in [4.69, 9.17) is 4.74 Å². The second-order valence-electron chi connectivity index (χ2n) is 6.40. The molecule has 1 aromatic carbocycles. The molecule has 9 heteroatoms. The summed E-state index contributed by atoms with van der Waals surface area (Å²) >= 11 is 0. The van der Waals surface area contributed by atoms with Crippen molar-refractivity contribution in [1.82, 2.24) is 20.0 Å². The van der Waals surface area contributed by atoms with Gasteiger partial charge in [-0.3, -0.25) is 9.59 Å². The molecule has 0 aliphatic heterocycles. The molecule has 0 radical (unpaired) electrons. The van der Waals surface area contributed by atoms with Gasteiger partial charge in [0.25, 0.3) is 11.5 Å². The van der Waals surface area contributed by atoms with E-state index < -0.39 is 23.5 Å². The lowest BCUT2D eigenvalue weighted by Crippen LogP contribution is -2.31. The largest absolute Gasteiger partial charge is 0.448 e. The Bertz CT molecular complexity index is 1070. The van der Waals surface area contributed by atoms with Crippen LogP contribution in [0.5, 0.6) is 0 Å². The number of anilines is 1. The number of hydrogen-bond acceptors (Lipinski definition) is 6. The van der Waals surface area contributed by atoms with Gasteiger partial charge in [-0.15, -0.1) is 0 Å². The first kappa shape index (κ1) is 19.3. The Kier molecular flexibility index (Phi) is 5.53. The summed E-state index contributed by atoms with van der Waals surface area (Å²) in [5, 5.41) is 13.6. The molecule has 2 atom stereocenters. The lowest BCUT2D eigenvalue weighted by molar-refractivity contribution is -0.123. The number of ether oxygens (including phenoxy) is 1. The van der Waals surface area contributed by atoms with E-state index >= 15 is 0 Å². The van der Waals surface area contributed by atoms with Crippen LogP contribution >= 0.6 is 0 Å². The minimum atomic E-state index is -1.07. The number of aromatic amines is 1. The number of nitrogens with zero attached hydrogens (tertiary/aromatic N) is 3. The normalized spacial score (nSPS) is 13.1. The highest BCUT2D eigenvalue weighted by Crippen LogP contribution is 2.17. The van der Waals surface area contributed by atoms with E-state index in [1.165, 1.54) is 6.92 Å². The molecule has 0 fully saturated rings. The van der Waals surface area contributed by atoms with Crippen molar-refractivity contribution in [2.24, 2.45) is 0 Å². The first-order valence-electron chi connectivity index (χ1n) is 8.95. The van der Waals surface area contributed by atoms with Crippen LogP contribution in [0.25, 0.3) is 10.8 Å². The molecule has 1 amide bonds. The van der Waals surface area contributed by atoms with Gasteiger partial charge >= 0.3 is 5.97 Å². The average Bonchev–Trinajstić information content (AvgIpc) is 3.15. The average molecular weight is 383 g/mol. The van der Waals surface area contributed by atoms with Gasteiger partial charge in [0, 0.05) is 11.5 Å². The minimum absolute atomic E-state index is 0.0560. The standard InChI is InChI=1S/C19H21N5O4/c1-4-11(2)24-15(9-10-20-24)21-17(25)12(3)28-19(27)16-13-7-5-6-8-14(13)18(26)23-22-16/h5-12H,4H2,1-3H3,(H,21,25)(H,23,26)/t11-,12-/m0/s1. The van der Waals surface area contributed by atoms with Crippen molar-refractivity contribution < 1.29 is 14.3 Å². The molecule has 2 N–H and O–H groups in total. The summed E-state index contributed by atoms with van der Waals surface area (Å²) in [5.74, 6) is -0.771. The van der Waals surface area contributed by atoms with Crippen LogP contribution in [0.4, 0.5) is 5.82 Å². The molecule has 3 aromatic rings. The van der Waals surface area contributed by atoms with Crippen LogP contribution in [-0.2, 0) is 9.53 Å². The monoisotopic (exact) mass is 383 g/mol. The maximum atomic E-state index is 12.5. The van der Waals surface area contributed by atoms with Gasteiger partial charge < -0.3 is 10.1 Å². The molecule has 0 saturated heterocycles. The van der Waals surface area contributed by atoms with Gasteiger partial charge in [0.1, 0.15) is 5.82 Å². The fourth-order valence-corrected chi connectivity index (χ4v) is 2.71. The number of hydrogen-bond donors (Lipinski definition) is 2. The van der Waals surface area contributed by atoms with E-state index in [0.717, 1.165) is 6.42 Å². The van der Waals surface area contributed by atoms with Gasteiger partial charge in [0.2, 0.25) is 0 Å². The highest BCUT2D eigenvalue weighted by molar-refractivity contribution is 6.03. The number of carbonyl (C=O) groups is 2. The molecule has 0 unspecified atom stereocenters. The lowest BCUT2D eigenvalue weighted by Gasteiger charge is -2.17.